The molecular weight excluding hydrogens is 174 g/mol. The molecule has 0 aliphatic carbocycles. The molecule has 84 valence electrons. The lowest BCUT2D eigenvalue weighted by Crippen LogP contribution is -2.37. The molecule has 0 bridgehead atoms. The summed E-state index contributed by atoms with van der Waals surface area (Å²) in [4.78, 5) is 0. The van der Waals surface area contributed by atoms with Crippen LogP contribution < -0.4 is 5.32 Å². The van der Waals surface area contributed by atoms with Crippen molar-refractivity contribution in [2.24, 2.45) is 11.8 Å². The van der Waals surface area contributed by atoms with Crippen molar-refractivity contribution in [1.29, 1.82) is 0 Å². The highest BCUT2D eigenvalue weighted by Gasteiger charge is 2.19. The summed E-state index contributed by atoms with van der Waals surface area (Å²) in [6.07, 6.45) is 3.75. The van der Waals surface area contributed by atoms with Crippen LogP contribution in [0.4, 0.5) is 0 Å². The highest BCUT2D eigenvalue weighted by atomic mass is 16.5. The zero-order valence-electron chi connectivity index (χ0n) is 9.88. The maximum atomic E-state index is 5.36. The predicted molar refractivity (Wildman–Crippen MR) is 60.5 cm³/mol. The molecule has 1 heterocycles. The minimum atomic E-state index is 0.664. The molecule has 14 heavy (non-hydrogen) atoms. The standard InChI is InChI=1S/C12H25NO/c1-10(2)4-7-13-11(3)12-5-8-14-9-6-12/h10-13H,4-9H2,1-3H3. The van der Waals surface area contributed by atoms with Gasteiger partial charge in [-0.15, -0.1) is 0 Å². The molecule has 1 unspecified atom stereocenters. The number of hydrogen-bond donors (Lipinski definition) is 1. The van der Waals surface area contributed by atoms with E-state index in [0.717, 1.165) is 31.6 Å². The predicted octanol–water partition coefficient (Wildman–Crippen LogP) is 2.44. The first kappa shape index (κ1) is 12.0. The van der Waals surface area contributed by atoms with E-state index in [-0.39, 0.29) is 0 Å². The zero-order valence-corrected chi connectivity index (χ0v) is 9.88. The molecule has 2 nitrogen and oxygen atoms in total. The first-order valence-electron chi connectivity index (χ1n) is 6.01. The Bertz CT molecular complexity index is 141. The van der Waals surface area contributed by atoms with Crippen LogP contribution >= 0.6 is 0 Å². The summed E-state index contributed by atoms with van der Waals surface area (Å²) in [6.45, 7) is 9.95. The lowest BCUT2D eigenvalue weighted by atomic mass is 9.93. The third-order valence-electron chi connectivity index (χ3n) is 3.16. The molecule has 1 rings (SSSR count). The highest BCUT2D eigenvalue weighted by molar-refractivity contribution is 4.74. The lowest BCUT2D eigenvalue weighted by molar-refractivity contribution is 0.0559. The second kappa shape index (κ2) is 6.41. The van der Waals surface area contributed by atoms with Crippen molar-refractivity contribution >= 4 is 0 Å². The monoisotopic (exact) mass is 199 g/mol. The fraction of sp³-hybridized carbons (Fsp3) is 1.00. The Balaban J connectivity index is 2.10. The molecule has 1 aliphatic heterocycles. The van der Waals surface area contributed by atoms with Gasteiger partial charge in [-0.3, -0.25) is 0 Å². The lowest BCUT2D eigenvalue weighted by Gasteiger charge is -2.28. The van der Waals surface area contributed by atoms with Crippen LogP contribution in [-0.4, -0.2) is 25.8 Å². The van der Waals surface area contributed by atoms with E-state index in [1.165, 1.54) is 19.3 Å². The van der Waals surface area contributed by atoms with Crippen LogP contribution in [0.3, 0.4) is 0 Å². The van der Waals surface area contributed by atoms with Gasteiger partial charge in [-0.25, -0.2) is 0 Å². The van der Waals surface area contributed by atoms with Gasteiger partial charge in [-0.2, -0.15) is 0 Å². The van der Waals surface area contributed by atoms with E-state index in [2.05, 4.69) is 26.1 Å². The van der Waals surface area contributed by atoms with Crippen molar-refractivity contribution in [3.8, 4) is 0 Å². The molecular formula is C12H25NO. The van der Waals surface area contributed by atoms with Gasteiger partial charge in [0.05, 0.1) is 0 Å². The molecule has 1 saturated heterocycles. The molecule has 1 aliphatic rings. The maximum Gasteiger partial charge on any atom is 0.0469 e. The molecule has 0 amide bonds. The van der Waals surface area contributed by atoms with E-state index in [9.17, 15) is 0 Å². The summed E-state index contributed by atoms with van der Waals surface area (Å²) in [6, 6.07) is 0.664. The number of rotatable bonds is 5. The Hall–Kier alpha value is -0.0800. The topological polar surface area (TPSA) is 21.3 Å². The average Bonchev–Trinajstić information content (AvgIpc) is 2.18. The van der Waals surface area contributed by atoms with Crippen LogP contribution in [0.5, 0.6) is 0 Å². The molecule has 0 saturated carbocycles. The van der Waals surface area contributed by atoms with Crippen molar-refractivity contribution in [1.82, 2.24) is 5.32 Å². The minimum Gasteiger partial charge on any atom is -0.381 e. The van der Waals surface area contributed by atoms with Gasteiger partial charge in [0.15, 0.2) is 0 Å². The Morgan fingerprint density at radius 2 is 1.86 bits per heavy atom. The third kappa shape index (κ3) is 4.43. The molecule has 0 aromatic rings. The van der Waals surface area contributed by atoms with Gasteiger partial charge >= 0.3 is 0 Å². The highest BCUT2D eigenvalue weighted by Crippen LogP contribution is 2.18. The van der Waals surface area contributed by atoms with Crippen molar-refractivity contribution in [3.63, 3.8) is 0 Å². The molecule has 0 radical (unpaired) electrons. The summed E-state index contributed by atoms with van der Waals surface area (Å²) in [5, 5.41) is 3.63. The second-order valence-corrected chi connectivity index (χ2v) is 4.88. The van der Waals surface area contributed by atoms with Gasteiger partial charge in [-0.1, -0.05) is 13.8 Å². The van der Waals surface area contributed by atoms with Crippen LogP contribution in [0.2, 0.25) is 0 Å². The van der Waals surface area contributed by atoms with Crippen molar-refractivity contribution in [2.45, 2.75) is 46.1 Å². The average molecular weight is 199 g/mol. The van der Waals surface area contributed by atoms with Gasteiger partial charge in [0.25, 0.3) is 0 Å². The van der Waals surface area contributed by atoms with E-state index in [1.54, 1.807) is 0 Å². The van der Waals surface area contributed by atoms with E-state index in [0.29, 0.717) is 6.04 Å². The molecule has 1 atom stereocenters. The van der Waals surface area contributed by atoms with Crippen LogP contribution in [0.25, 0.3) is 0 Å². The largest absolute Gasteiger partial charge is 0.381 e. The van der Waals surface area contributed by atoms with Crippen molar-refractivity contribution in [3.05, 3.63) is 0 Å². The van der Waals surface area contributed by atoms with E-state index in [4.69, 9.17) is 4.74 Å². The fourth-order valence-corrected chi connectivity index (χ4v) is 1.98. The van der Waals surface area contributed by atoms with Crippen LogP contribution in [-0.2, 0) is 4.74 Å². The number of ether oxygens (including phenoxy) is 1. The van der Waals surface area contributed by atoms with Crippen LogP contribution in [0, 0.1) is 11.8 Å². The molecule has 1 fully saturated rings. The smallest absolute Gasteiger partial charge is 0.0469 e. The fourth-order valence-electron chi connectivity index (χ4n) is 1.98. The van der Waals surface area contributed by atoms with Crippen molar-refractivity contribution < 1.29 is 4.74 Å². The van der Waals surface area contributed by atoms with E-state index in [1.807, 2.05) is 0 Å². The molecule has 0 spiro atoms. The Labute approximate surface area is 88.4 Å². The van der Waals surface area contributed by atoms with Gasteiger partial charge in [-0.05, 0) is 44.6 Å². The first-order valence-corrected chi connectivity index (χ1v) is 6.01. The normalized spacial score (nSPS) is 21.4. The Morgan fingerprint density at radius 1 is 1.21 bits per heavy atom. The number of hydrogen-bond acceptors (Lipinski definition) is 2. The first-order chi connectivity index (χ1) is 6.70. The minimum absolute atomic E-state index is 0.664. The Kier molecular flexibility index (Phi) is 5.49. The SMILES string of the molecule is CC(C)CCNC(C)C1CCOCC1. The van der Waals surface area contributed by atoms with Crippen LogP contribution in [0.15, 0.2) is 0 Å². The summed E-state index contributed by atoms with van der Waals surface area (Å²) in [5.41, 5.74) is 0. The zero-order chi connectivity index (χ0) is 10.4. The summed E-state index contributed by atoms with van der Waals surface area (Å²) in [7, 11) is 0. The van der Waals surface area contributed by atoms with Gasteiger partial charge in [0, 0.05) is 19.3 Å². The quantitative estimate of drug-likeness (QED) is 0.734. The number of nitrogens with one attached hydrogen (secondary N) is 1. The Morgan fingerprint density at radius 3 is 2.43 bits per heavy atom. The van der Waals surface area contributed by atoms with Gasteiger partial charge < -0.3 is 10.1 Å². The maximum absolute atomic E-state index is 5.36. The van der Waals surface area contributed by atoms with Crippen LogP contribution in [0.1, 0.15) is 40.0 Å². The summed E-state index contributed by atoms with van der Waals surface area (Å²) >= 11 is 0. The summed E-state index contributed by atoms with van der Waals surface area (Å²) < 4.78 is 5.36. The molecule has 2 heteroatoms. The van der Waals surface area contributed by atoms with E-state index >= 15 is 0 Å². The molecule has 0 aromatic heterocycles. The van der Waals surface area contributed by atoms with E-state index < -0.39 is 0 Å². The summed E-state index contributed by atoms with van der Waals surface area (Å²) in [5.74, 6) is 1.64. The van der Waals surface area contributed by atoms with Gasteiger partial charge in [0.1, 0.15) is 0 Å². The second-order valence-electron chi connectivity index (χ2n) is 4.88. The third-order valence-corrected chi connectivity index (χ3v) is 3.16. The molecule has 0 aromatic carbocycles. The molecule has 1 N–H and O–H groups in total. The van der Waals surface area contributed by atoms with Crippen molar-refractivity contribution in [2.75, 3.05) is 19.8 Å². The van der Waals surface area contributed by atoms with Gasteiger partial charge in [0.2, 0.25) is 0 Å².